The highest BCUT2D eigenvalue weighted by Gasteiger charge is 2.54. The molecule has 0 bridgehead atoms. The first-order chi connectivity index (χ1) is 28.4. The van der Waals surface area contributed by atoms with Crippen LogP contribution in [0.3, 0.4) is 0 Å². The number of benzene rings is 3. The number of rotatable bonds is 13. The standard InChI is InChI=1S/C46H50N6O7/c1-44(2,30-5-10-35(11-6-30)58-24-33-16-17-47-43(49-33)52-25-46(26-52)27-57-28-46)31-7-12-36(13-8-31)59-37-21-45(22-37)19-34(20-45)48-32-9-4-29(23-53)38(18-32)42(56)51(3)39-14-15-40(54)50-41(39)55/h4-13,16-18,23,34,37,39,48H,14-15,19-22,24-28H2,1-3H3,(H,50,54,55). The molecule has 2 N–H and O–H groups in total. The van der Waals surface area contributed by atoms with Crippen molar-refractivity contribution >= 4 is 35.6 Å². The number of carbonyl (C=O) groups is 4. The number of nitrogens with zero attached hydrogens (tertiary/aromatic N) is 4. The third kappa shape index (κ3) is 7.64. The van der Waals surface area contributed by atoms with Crippen molar-refractivity contribution in [3.05, 3.63) is 107 Å². The summed E-state index contributed by atoms with van der Waals surface area (Å²) >= 11 is 0. The van der Waals surface area contributed by atoms with Crippen molar-refractivity contribution < 1.29 is 33.4 Å². The van der Waals surface area contributed by atoms with Gasteiger partial charge in [-0.05, 0) is 97.2 Å². The molecule has 0 radical (unpaired) electrons. The maximum absolute atomic E-state index is 13.4. The Labute approximate surface area is 343 Å². The maximum atomic E-state index is 13.4. The second kappa shape index (κ2) is 15.1. The topological polar surface area (TPSA) is 152 Å². The average Bonchev–Trinajstić information content (AvgIpc) is 3.17. The van der Waals surface area contributed by atoms with E-state index in [4.69, 9.17) is 19.2 Å². The van der Waals surface area contributed by atoms with Crippen molar-refractivity contribution in [2.75, 3.05) is 43.6 Å². The summed E-state index contributed by atoms with van der Waals surface area (Å²) in [5.41, 5.74) is 4.79. The molecule has 9 rings (SSSR count). The van der Waals surface area contributed by atoms with Gasteiger partial charge in [-0.3, -0.25) is 24.5 Å². The second-order valence-corrected chi connectivity index (χ2v) is 17.9. The summed E-state index contributed by atoms with van der Waals surface area (Å²) in [7, 11) is 1.53. The summed E-state index contributed by atoms with van der Waals surface area (Å²) in [6.07, 6.45) is 7.00. The molecular formula is C46H50N6O7. The van der Waals surface area contributed by atoms with Gasteiger partial charge in [0.05, 0.1) is 36.0 Å². The quantitative estimate of drug-likeness (QED) is 0.126. The Kier molecular flexibility index (Phi) is 9.89. The molecule has 2 saturated carbocycles. The minimum absolute atomic E-state index is 0.162. The first-order valence-corrected chi connectivity index (χ1v) is 20.5. The summed E-state index contributed by atoms with van der Waals surface area (Å²) in [4.78, 5) is 61.9. The molecule has 306 valence electrons. The van der Waals surface area contributed by atoms with E-state index in [9.17, 15) is 19.2 Å². The zero-order valence-corrected chi connectivity index (χ0v) is 33.7. The number of nitrogens with one attached hydrogen (secondary N) is 2. The SMILES string of the molecule is CN(C(=O)c1cc(NC2CC3(C2)CC(Oc2ccc(C(C)(C)c4ccc(OCc5ccnc(N6CC7(COC7)C6)n5)cc4)cc2)C3)ccc1C=O)C1CCC(=O)NC1=O. The first kappa shape index (κ1) is 38.7. The predicted molar refractivity (Wildman–Crippen MR) is 220 cm³/mol. The van der Waals surface area contributed by atoms with Crippen molar-refractivity contribution in [3.63, 3.8) is 0 Å². The molecule has 1 aromatic heterocycles. The Balaban J connectivity index is 0.731. The van der Waals surface area contributed by atoms with Crippen LogP contribution in [0.15, 0.2) is 79.0 Å². The van der Waals surface area contributed by atoms with Crippen LogP contribution in [0.5, 0.6) is 11.5 Å². The fourth-order valence-electron chi connectivity index (χ4n) is 9.49. The van der Waals surface area contributed by atoms with Gasteiger partial charge in [-0.25, -0.2) is 9.97 Å². The number of likely N-dealkylation sites (N-methyl/N-ethyl adjacent to an activating group) is 1. The largest absolute Gasteiger partial charge is 0.490 e. The third-order valence-electron chi connectivity index (χ3n) is 13.2. The second-order valence-electron chi connectivity index (χ2n) is 17.9. The van der Waals surface area contributed by atoms with Crippen LogP contribution < -0.4 is 25.0 Å². The van der Waals surface area contributed by atoms with Gasteiger partial charge in [0.25, 0.3) is 5.91 Å². The Bertz CT molecular complexity index is 2250. The van der Waals surface area contributed by atoms with E-state index < -0.39 is 17.9 Å². The monoisotopic (exact) mass is 798 g/mol. The first-order valence-electron chi connectivity index (χ1n) is 20.5. The van der Waals surface area contributed by atoms with Crippen LogP contribution in [-0.2, 0) is 26.3 Å². The smallest absolute Gasteiger partial charge is 0.255 e. The molecule has 5 fully saturated rings. The lowest BCUT2D eigenvalue weighted by Crippen LogP contribution is -2.66. The van der Waals surface area contributed by atoms with Gasteiger partial charge in [0.2, 0.25) is 17.8 Å². The number of hydrogen-bond acceptors (Lipinski definition) is 11. The lowest BCUT2D eigenvalue weighted by molar-refractivity contribution is -0.136. The number of imide groups is 1. The van der Waals surface area contributed by atoms with Crippen LogP contribution in [0, 0.1) is 10.8 Å². The molecule has 4 aromatic rings. The molecule has 3 saturated heterocycles. The number of aldehydes is 1. The molecular weight excluding hydrogens is 749 g/mol. The van der Waals surface area contributed by atoms with Gasteiger partial charge in [-0.1, -0.05) is 38.1 Å². The van der Waals surface area contributed by atoms with Crippen LogP contribution in [0.4, 0.5) is 11.6 Å². The fourth-order valence-corrected chi connectivity index (χ4v) is 9.49. The van der Waals surface area contributed by atoms with Crippen molar-refractivity contribution in [2.24, 2.45) is 10.8 Å². The molecule has 1 atom stereocenters. The van der Waals surface area contributed by atoms with Crippen molar-refractivity contribution in [3.8, 4) is 11.5 Å². The molecule has 3 amide bonds. The van der Waals surface area contributed by atoms with E-state index in [0.717, 1.165) is 80.8 Å². The Morgan fingerprint density at radius 2 is 1.66 bits per heavy atom. The van der Waals surface area contributed by atoms with E-state index in [1.807, 2.05) is 24.3 Å². The molecule has 1 unspecified atom stereocenters. The normalized spacial score (nSPS) is 24.2. The number of hydrogen-bond donors (Lipinski definition) is 2. The number of aromatic nitrogens is 2. The molecule has 13 nitrogen and oxygen atoms in total. The Hall–Kier alpha value is -5.82. The third-order valence-corrected chi connectivity index (χ3v) is 13.2. The van der Waals surface area contributed by atoms with Gasteiger partial charge in [0, 0.05) is 55.5 Å². The Morgan fingerprint density at radius 1 is 0.966 bits per heavy atom. The van der Waals surface area contributed by atoms with Gasteiger partial charge in [-0.2, -0.15) is 0 Å². The molecule has 13 heteroatoms. The van der Waals surface area contributed by atoms with Gasteiger partial charge < -0.3 is 29.3 Å². The number of piperidine rings is 1. The van der Waals surface area contributed by atoms with Gasteiger partial charge in [0.1, 0.15) is 24.1 Å². The average molecular weight is 799 g/mol. The van der Waals surface area contributed by atoms with Crippen LogP contribution in [0.2, 0.25) is 0 Å². The van der Waals surface area contributed by atoms with Gasteiger partial charge >= 0.3 is 0 Å². The fraction of sp³-hybridized carbons (Fsp3) is 0.435. The molecule has 4 heterocycles. The van der Waals surface area contributed by atoms with E-state index in [1.165, 1.54) is 23.1 Å². The van der Waals surface area contributed by atoms with Crippen LogP contribution >= 0.6 is 0 Å². The minimum atomic E-state index is -0.769. The van der Waals surface area contributed by atoms with Crippen molar-refractivity contribution in [1.29, 1.82) is 0 Å². The highest BCUT2D eigenvalue weighted by atomic mass is 16.5. The minimum Gasteiger partial charge on any atom is -0.490 e. The lowest BCUT2D eigenvalue weighted by Gasteiger charge is -2.57. The maximum Gasteiger partial charge on any atom is 0.255 e. The van der Waals surface area contributed by atoms with Crippen LogP contribution in [-0.4, -0.2) is 90.4 Å². The van der Waals surface area contributed by atoms with Crippen molar-refractivity contribution in [2.45, 2.75) is 82.6 Å². The summed E-state index contributed by atoms with van der Waals surface area (Å²) in [5, 5.41) is 5.83. The number of anilines is 2. The summed E-state index contributed by atoms with van der Waals surface area (Å²) in [5.74, 6) is 1.13. The summed E-state index contributed by atoms with van der Waals surface area (Å²) in [6.45, 7) is 8.38. The Morgan fingerprint density at radius 3 is 2.31 bits per heavy atom. The van der Waals surface area contributed by atoms with Crippen LogP contribution in [0.25, 0.3) is 0 Å². The van der Waals surface area contributed by atoms with Gasteiger partial charge in [-0.15, -0.1) is 0 Å². The predicted octanol–water partition coefficient (Wildman–Crippen LogP) is 5.71. The van der Waals surface area contributed by atoms with Gasteiger partial charge in [0.15, 0.2) is 6.29 Å². The van der Waals surface area contributed by atoms with E-state index in [0.29, 0.717) is 18.3 Å². The summed E-state index contributed by atoms with van der Waals surface area (Å²) < 4.78 is 17.9. The molecule has 3 aliphatic heterocycles. The number of ether oxygens (including phenoxy) is 3. The number of amides is 3. The summed E-state index contributed by atoms with van der Waals surface area (Å²) in [6, 6.07) is 23.2. The molecule has 2 spiro atoms. The molecule has 3 aromatic carbocycles. The van der Waals surface area contributed by atoms with E-state index in [2.05, 4.69) is 70.8 Å². The van der Waals surface area contributed by atoms with E-state index >= 15 is 0 Å². The van der Waals surface area contributed by atoms with E-state index in [1.54, 1.807) is 18.3 Å². The molecule has 2 aliphatic carbocycles. The number of carbonyl (C=O) groups excluding carboxylic acids is 4. The highest BCUT2D eigenvalue weighted by molar-refractivity contribution is 6.06. The van der Waals surface area contributed by atoms with Crippen LogP contribution in [0.1, 0.15) is 89.9 Å². The molecule has 5 aliphatic rings. The zero-order valence-electron chi connectivity index (χ0n) is 33.7. The highest BCUT2D eigenvalue weighted by Crippen LogP contribution is 2.57. The van der Waals surface area contributed by atoms with Crippen molar-refractivity contribution in [1.82, 2.24) is 20.2 Å². The zero-order chi connectivity index (χ0) is 40.9. The molecule has 59 heavy (non-hydrogen) atoms. The van der Waals surface area contributed by atoms with E-state index in [-0.39, 0.29) is 52.9 Å². The lowest BCUT2D eigenvalue weighted by atomic mass is 9.53.